The number of anilines is 1. The van der Waals surface area contributed by atoms with Gasteiger partial charge in [0.25, 0.3) is 0 Å². The first-order valence-electron chi connectivity index (χ1n) is 8.05. The minimum Gasteiger partial charge on any atom is -0.404 e. The van der Waals surface area contributed by atoms with Crippen LogP contribution in [0.4, 0.5) is 5.82 Å². The minimum atomic E-state index is 0.0292. The van der Waals surface area contributed by atoms with E-state index >= 15 is 0 Å². The van der Waals surface area contributed by atoms with Gasteiger partial charge in [-0.1, -0.05) is 12.1 Å². The zero-order valence-corrected chi connectivity index (χ0v) is 13.4. The lowest BCUT2D eigenvalue weighted by Gasteiger charge is -2.21. The Kier molecular flexibility index (Phi) is 4.86. The van der Waals surface area contributed by atoms with Gasteiger partial charge in [0.2, 0.25) is 5.91 Å². The molecule has 0 radical (unpaired) electrons. The molecule has 1 fully saturated rings. The topological polar surface area (TPSA) is 104 Å². The molecule has 1 aliphatic rings. The number of carbonyl (C=O) groups excluding carboxylic acids is 1. The number of allylic oxidation sites excluding steroid dienone is 1. The summed E-state index contributed by atoms with van der Waals surface area (Å²) in [5.74, 6) is 0.623. The number of pyridine rings is 1. The molecule has 0 aliphatic carbocycles. The Morgan fingerprint density at radius 3 is 2.79 bits per heavy atom. The van der Waals surface area contributed by atoms with Gasteiger partial charge in [-0.05, 0) is 49.0 Å². The maximum absolute atomic E-state index is 12.3. The number of amides is 1. The molecular formula is C18H21N5O. The predicted molar refractivity (Wildman–Crippen MR) is 96.9 cm³/mol. The first kappa shape index (κ1) is 16.1. The molecule has 124 valence electrons. The van der Waals surface area contributed by atoms with Crippen LogP contribution >= 0.6 is 0 Å². The molecule has 2 aromatic rings. The van der Waals surface area contributed by atoms with Crippen LogP contribution in [0.1, 0.15) is 18.4 Å². The van der Waals surface area contributed by atoms with Gasteiger partial charge in [0.15, 0.2) is 0 Å². The van der Waals surface area contributed by atoms with Crippen molar-refractivity contribution in [2.24, 2.45) is 11.7 Å². The number of carbonyl (C=O) groups is 1. The average molecular weight is 323 g/mol. The van der Waals surface area contributed by atoms with E-state index in [1.54, 1.807) is 6.20 Å². The lowest BCUT2D eigenvalue weighted by atomic mass is 9.97. The Hall–Kier alpha value is -2.73. The van der Waals surface area contributed by atoms with Gasteiger partial charge in [-0.2, -0.15) is 0 Å². The predicted octanol–water partition coefficient (Wildman–Crippen LogP) is 2.12. The van der Waals surface area contributed by atoms with Crippen molar-refractivity contribution < 1.29 is 4.79 Å². The van der Waals surface area contributed by atoms with Crippen molar-refractivity contribution in [2.75, 3.05) is 18.4 Å². The van der Waals surface area contributed by atoms with Crippen LogP contribution in [0, 0.1) is 11.3 Å². The van der Waals surface area contributed by atoms with E-state index in [9.17, 15) is 4.79 Å². The number of nitrogens with zero attached hydrogens (tertiary/aromatic N) is 1. The van der Waals surface area contributed by atoms with Crippen molar-refractivity contribution in [3.63, 3.8) is 0 Å². The van der Waals surface area contributed by atoms with E-state index in [0.29, 0.717) is 11.4 Å². The Balaban J connectivity index is 1.84. The van der Waals surface area contributed by atoms with Crippen molar-refractivity contribution in [3.8, 4) is 0 Å². The fraction of sp³-hybridized carbons (Fsp3) is 0.278. The fourth-order valence-electron chi connectivity index (χ4n) is 2.93. The van der Waals surface area contributed by atoms with Gasteiger partial charge >= 0.3 is 0 Å². The number of benzene rings is 1. The highest BCUT2D eigenvalue weighted by molar-refractivity contribution is 6.09. The van der Waals surface area contributed by atoms with E-state index in [4.69, 9.17) is 11.1 Å². The van der Waals surface area contributed by atoms with Gasteiger partial charge in [0, 0.05) is 35.5 Å². The van der Waals surface area contributed by atoms with Crippen LogP contribution in [0.5, 0.6) is 0 Å². The van der Waals surface area contributed by atoms with Crippen molar-refractivity contribution >= 4 is 34.3 Å². The molecule has 1 saturated heterocycles. The number of rotatable bonds is 4. The second-order valence-electron chi connectivity index (χ2n) is 5.91. The van der Waals surface area contributed by atoms with E-state index in [1.165, 1.54) is 12.4 Å². The van der Waals surface area contributed by atoms with Crippen LogP contribution in [0.2, 0.25) is 0 Å². The quantitative estimate of drug-likeness (QED) is 0.647. The average Bonchev–Trinajstić information content (AvgIpc) is 2.63. The van der Waals surface area contributed by atoms with E-state index in [1.807, 2.05) is 24.3 Å². The minimum absolute atomic E-state index is 0.0292. The molecule has 0 atom stereocenters. The molecule has 6 heteroatoms. The molecule has 0 spiro atoms. The van der Waals surface area contributed by atoms with Crippen molar-refractivity contribution in [3.05, 3.63) is 42.2 Å². The molecule has 0 bridgehead atoms. The van der Waals surface area contributed by atoms with E-state index in [-0.39, 0.29) is 11.8 Å². The number of nitrogens with one attached hydrogen (secondary N) is 3. The molecule has 3 rings (SSSR count). The van der Waals surface area contributed by atoms with E-state index < -0.39 is 0 Å². The number of piperidine rings is 1. The largest absolute Gasteiger partial charge is 0.404 e. The van der Waals surface area contributed by atoms with Crippen molar-refractivity contribution in [2.45, 2.75) is 12.8 Å². The van der Waals surface area contributed by atoms with Gasteiger partial charge in [0.1, 0.15) is 5.82 Å². The molecule has 1 aromatic carbocycles. The number of hydrogen-bond acceptors (Lipinski definition) is 5. The summed E-state index contributed by atoms with van der Waals surface area (Å²) in [4.78, 5) is 16.7. The third kappa shape index (κ3) is 3.44. The Morgan fingerprint density at radius 2 is 2.08 bits per heavy atom. The molecular weight excluding hydrogens is 302 g/mol. The van der Waals surface area contributed by atoms with E-state index in [2.05, 4.69) is 15.6 Å². The third-order valence-corrected chi connectivity index (χ3v) is 4.35. The third-order valence-electron chi connectivity index (χ3n) is 4.35. The molecule has 1 amide bonds. The molecule has 5 N–H and O–H groups in total. The van der Waals surface area contributed by atoms with Gasteiger partial charge in [-0.25, -0.2) is 4.98 Å². The summed E-state index contributed by atoms with van der Waals surface area (Å²) in [6, 6.07) is 7.64. The standard InChI is InChI=1S/C18H21N5O/c19-9-16(10-20)13-1-2-14-11-22-17(8-15(14)7-13)23-18(24)12-3-5-21-6-4-12/h1-2,7-12,19,21H,3-6,20H2,(H,22,23,24)/b16-10+,19-9?. The normalized spacial score (nSPS) is 16.1. The van der Waals surface area contributed by atoms with Crippen LogP contribution in [0.3, 0.4) is 0 Å². The molecule has 1 aromatic heterocycles. The monoisotopic (exact) mass is 323 g/mol. The lowest BCUT2D eigenvalue weighted by molar-refractivity contribution is -0.120. The summed E-state index contributed by atoms with van der Waals surface area (Å²) >= 11 is 0. The Bertz CT molecular complexity index is 793. The van der Waals surface area contributed by atoms with Crippen LogP contribution < -0.4 is 16.4 Å². The van der Waals surface area contributed by atoms with E-state index in [0.717, 1.165) is 42.3 Å². The van der Waals surface area contributed by atoms with Crippen LogP contribution in [-0.2, 0) is 4.79 Å². The molecule has 2 heterocycles. The van der Waals surface area contributed by atoms with Gasteiger partial charge in [-0.15, -0.1) is 0 Å². The second kappa shape index (κ2) is 7.23. The lowest BCUT2D eigenvalue weighted by Crippen LogP contribution is -2.34. The Labute approximate surface area is 140 Å². The number of nitrogens with two attached hydrogens (primary N) is 1. The van der Waals surface area contributed by atoms with Crippen LogP contribution in [-0.4, -0.2) is 30.2 Å². The zero-order chi connectivity index (χ0) is 16.9. The zero-order valence-electron chi connectivity index (χ0n) is 13.4. The maximum Gasteiger partial charge on any atom is 0.228 e. The highest BCUT2D eigenvalue weighted by atomic mass is 16.1. The number of fused-ring (bicyclic) bond motifs is 1. The smallest absolute Gasteiger partial charge is 0.228 e. The summed E-state index contributed by atoms with van der Waals surface area (Å²) in [5.41, 5.74) is 7.06. The summed E-state index contributed by atoms with van der Waals surface area (Å²) < 4.78 is 0. The van der Waals surface area contributed by atoms with Crippen molar-refractivity contribution in [1.82, 2.24) is 10.3 Å². The Morgan fingerprint density at radius 1 is 1.29 bits per heavy atom. The highest BCUT2D eigenvalue weighted by Crippen LogP contribution is 2.22. The first-order valence-corrected chi connectivity index (χ1v) is 8.05. The first-order chi connectivity index (χ1) is 11.7. The maximum atomic E-state index is 12.3. The second-order valence-corrected chi connectivity index (χ2v) is 5.91. The molecule has 0 unspecified atom stereocenters. The molecule has 0 saturated carbocycles. The summed E-state index contributed by atoms with van der Waals surface area (Å²) in [5, 5.41) is 15.5. The summed E-state index contributed by atoms with van der Waals surface area (Å²) in [6.45, 7) is 1.76. The number of aromatic nitrogens is 1. The number of hydrogen-bond donors (Lipinski definition) is 4. The van der Waals surface area contributed by atoms with Gasteiger partial charge in [-0.3, -0.25) is 4.79 Å². The fourth-order valence-corrected chi connectivity index (χ4v) is 2.93. The van der Waals surface area contributed by atoms with Crippen LogP contribution in [0.15, 0.2) is 36.7 Å². The molecule has 1 aliphatic heterocycles. The van der Waals surface area contributed by atoms with Gasteiger partial charge < -0.3 is 21.8 Å². The van der Waals surface area contributed by atoms with Crippen molar-refractivity contribution in [1.29, 1.82) is 5.41 Å². The highest BCUT2D eigenvalue weighted by Gasteiger charge is 2.21. The summed E-state index contributed by atoms with van der Waals surface area (Å²) in [7, 11) is 0. The molecule has 6 nitrogen and oxygen atoms in total. The summed E-state index contributed by atoms with van der Waals surface area (Å²) in [6.07, 6.45) is 6.09. The van der Waals surface area contributed by atoms with Gasteiger partial charge in [0.05, 0.1) is 0 Å². The molecule has 24 heavy (non-hydrogen) atoms. The SMILES string of the molecule is N=C/C(=C\N)c1ccc2cnc(NC(=O)C3CCNCC3)cc2c1. The van der Waals surface area contributed by atoms with Crippen LogP contribution in [0.25, 0.3) is 16.3 Å².